The van der Waals surface area contributed by atoms with Crippen molar-refractivity contribution in [2.24, 2.45) is 0 Å². The van der Waals surface area contributed by atoms with Crippen molar-refractivity contribution < 1.29 is 28.8 Å². The monoisotopic (exact) mass is 754 g/mol. The van der Waals surface area contributed by atoms with Gasteiger partial charge in [-0.1, -0.05) is 151 Å². The summed E-state index contributed by atoms with van der Waals surface area (Å²) in [6, 6.07) is 26.5. The maximum atomic E-state index is 13.0. The van der Waals surface area contributed by atoms with E-state index in [1.807, 2.05) is 42.5 Å². The minimum atomic E-state index is -0.636. The van der Waals surface area contributed by atoms with Crippen molar-refractivity contribution in [3.05, 3.63) is 101 Å². The fraction of sp³-hybridized carbons (Fsp3) is 0.596. The highest BCUT2D eigenvalue weighted by Crippen LogP contribution is 2.47. The maximum Gasteiger partial charge on any atom is 0.224 e. The van der Waals surface area contributed by atoms with E-state index in [1.54, 1.807) is 0 Å². The Hall–Kier alpha value is -3.11. The number of benzene rings is 3. The van der Waals surface area contributed by atoms with Gasteiger partial charge in [0.15, 0.2) is 12.1 Å². The van der Waals surface area contributed by atoms with Gasteiger partial charge in [-0.05, 0) is 35.2 Å². The van der Waals surface area contributed by atoms with E-state index in [4.69, 9.17) is 18.9 Å². The molecule has 55 heavy (non-hydrogen) atoms. The van der Waals surface area contributed by atoms with Gasteiger partial charge < -0.3 is 34.3 Å². The number of nitrogens with zero attached hydrogens (tertiary/aromatic N) is 1. The van der Waals surface area contributed by atoms with Crippen molar-refractivity contribution >= 4 is 11.6 Å². The lowest BCUT2D eigenvalue weighted by molar-refractivity contribution is -0.265. The minimum absolute atomic E-state index is 0.00989. The molecule has 2 N–H and O–H groups in total. The van der Waals surface area contributed by atoms with Gasteiger partial charge in [0.1, 0.15) is 0 Å². The Kier molecular flexibility index (Phi) is 16.6. The zero-order valence-corrected chi connectivity index (χ0v) is 33.3. The largest absolute Gasteiger partial charge is 0.392 e. The van der Waals surface area contributed by atoms with Gasteiger partial charge in [-0.15, -0.1) is 0 Å². The van der Waals surface area contributed by atoms with Crippen LogP contribution in [-0.2, 0) is 30.3 Å². The molecule has 4 unspecified atom stereocenters. The molecular weight excluding hydrogens is 689 g/mol. The van der Waals surface area contributed by atoms with Crippen LogP contribution in [-0.4, -0.2) is 60.7 Å². The lowest BCUT2D eigenvalue weighted by Gasteiger charge is -2.46. The Morgan fingerprint density at radius 1 is 0.727 bits per heavy atom. The fourth-order valence-corrected chi connectivity index (χ4v) is 8.57. The average molecular weight is 755 g/mol. The number of piperidine rings is 1. The van der Waals surface area contributed by atoms with Gasteiger partial charge in [0.05, 0.1) is 32.0 Å². The predicted molar refractivity (Wildman–Crippen MR) is 219 cm³/mol. The summed E-state index contributed by atoms with van der Waals surface area (Å²) in [6.07, 6.45) is 17.8. The van der Waals surface area contributed by atoms with Crippen LogP contribution < -0.4 is 5.32 Å². The Morgan fingerprint density at radius 3 is 1.98 bits per heavy atom. The summed E-state index contributed by atoms with van der Waals surface area (Å²) in [5, 5.41) is 12.9. The number of amides is 1. The smallest absolute Gasteiger partial charge is 0.224 e. The number of aliphatic hydroxyl groups is 1. The average Bonchev–Trinajstić information content (AvgIpc) is 3.68. The van der Waals surface area contributed by atoms with Crippen LogP contribution in [0.1, 0.15) is 150 Å². The third kappa shape index (κ3) is 12.4. The number of nitrogens with one attached hydrogen (secondary N) is 1. The zero-order chi connectivity index (χ0) is 38.1. The van der Waals surface area contributed by atoms with E-state index in [-0.39, 0.29) is 30.6 Å². The molecule has 3 saturated heterocycles. The second-order valence-corrected chi connectivity index (χ2v) is 16.0. The normalized spacial score (nSPS) is 22.6. The van der Waals surface area contributed by atoms with Gasteiger partial charge in [0.2, 0.25) is 5.91 Å². The van der Waals surface area contributed by atoms with Crippen molar-refractivity contribution in [3.8, 4) is 0 Å². The standard InChI is InChI=1S/C47H66N2O6/c1-2-3-4-5-6-7-8-9-10-11-12-13-17-23-43(51)48-41-22-18-21-40(34-41)46-54-42(35-49-30-28-47(29-31-49)52-32-33-53-47)44(38-19-15-14-16-20-38)45(55-46)39-26-24-37(36-50)25-27-39/h14-16,18-22,24-27,34,42,44-46,50H,2-13,17,23,28-33,35-36H2,1H3,(H,48,51). The lowest BCUT2D eigenvalue weighted by Crippen LogP contribution is -2.50. The molecule has 4 atom stereocenters. The van der Waals surface area contributed by atoms with Gasteiger partial charge in [-0.25, -0.2) is 0 Å². The lowest BCUT2D eigenvalue weighted by atomic mass is 9.83. The molecule has 3 aromatic carbocycles. The molecule has 3 aliphatic heterocycles. The molecule has 1 spiro atoms. The Balaban J connectivity index is 1.07. The number of ether oxygens (including phenoxy) is 4. The van der Waals surface area contributed by atoms with Crippen LogP contribution in [0.4, 0.5) is 5.69 Å². The zero-order valence-electron chi connectivity index (χ0n) is 33.3. The van der Waals surface area contributed by atoms with Crippen molar-refractivity contribution in [3.63, 3.8) is 0 Å². The number of aliphatic hydroxyl groups excluding tert-OH is 1. The Bertz CT molecular complexity index is 1530. The second-order valence-electron chi connectivity index (χ2n) is 16.0. The molecule has 0 bridgehead atoms. The van der Waals surface area contributed by atoms with E-state index in [2.05, 4.69) is 53.5 Å². The third-order valence-corrected chi connectivity index (χ3v) is 11.8. The molecule has 8 nitrogen and oxygen atoms in total. The van der Waals surface area contributed by atoms with E-state index in [1.165, 1.54) is 70.6 Å². The molecule has 300 valence electrons. The number of hydrogen-bond acceptors (Lipinski definition) is 7. The summed E-state index contributed by atoms with van der Waals surface area (Å²) >= 11 is 0. The molecule has 0 radical (unpaired) electrons. The predicted octanol–water partition coefficient (Wildman–Crippen LogP) is 10.4. The number of carbonyl (C=O) groups is 1. The molecule has 0 aromatic heterocycles. The minimum Gasteiger partial charge on any atom is -0.392 e. The van der Waals surface area contributed by atoms with Gasteiger partial charge in [0, 0.05) is 56.1 Å². The first-order valence-corrected chi connectivity index (χ1v) is 21.5. The highest BCUT2D eigenvalue weighted by molar-refractivity contribution is 5.90. The number of hydrogen-bond donors (Lipinski definition) is 2. The maximum absolute atomic E-state index is 13.0. The second kappa shape index (κ2) is 22.0. The van der Waals surface area contributed by atoms with Gasteiger partial charge in [-0.2, -0.15) is 0 Å². The molecule has 3 aliphatic rings. The van der Waals surface area contributed by atoms with Crippen LogP contribution in [0.25, 0.3) is 0 Å². The quantitative estimate of drug-likeness (QED) is 0.105. The molecule has 8 heteroatoms. The fourth-order valence-electron chi connectivity index (χ4n) is 8.57. The Labute approximate surface area is 330 Å². The number of rotatable bonds is 21. The first-order valence-electron chi connectivity index (χ1n) is 21.5. The van der Waals surface area contributed by atoms with Gasteiger partial charge in [-0.3, -0.25) is 4.79 Å². The molecule has 1 amide bonds. The molecular formula is C47H66N2O6. The summed E-state index contributed by atoms with van der Waals surface area (Å²) < 4.78 is 26.0. The van der Waals surface area contributed by atoms with Crippen LogP contribution in [0.3, 0.4) is 0 Å². The SMILES string of the molecule is CCCCCCCCCCCCCCCC(=O)Nc1cccc(C2OC(CN3CCC4(CC3)OCCO4)C(c3ccccc3)C(c3ccc(CO)cc3)O2)c1. The highest BCUT2D eigenvalue weighted by atomic mass is 16.7. The molecule has 3 aromatic rings. The summed E-state index contributed by atoms with van der Waals surface area (Å²) in [4.78, 5) is 15.5. The summed E-state index contributed by atoms with van der Waals surface area (Å²) in [5.74, 6) is -0.466. The third-order valence-electron chi connectivity index (χ3n) is 11.8. The summed E-state index contributed by atoms with van der Waals surface area (Å²) in [7, 11) is 0. The molecule has 3 heterocycles. The van der Waals surface area contributed by atoms with E-state index in [0.29, 0.717) is 19.6 Å². The summed E-state index contributed by atoms with van der Waals surface area (Å²) in [5.41, 5.74) is 4.69. The topological polar surface area (TPSA) is 89.5 Å². The number of anilines is 1. The number of likely N-dealkylation sites (tertiary alicyclic amines) is 1. The number of unbranched alkanes of at least 4 members (excludes halogenated alkanes) is 12. The van der Waals surface area contributed by atoms with Gasteiger partial charge in [0.25, 0.3) is 0 Å². The van der Waals surface area contributed by atoms with Gasteiger partial charge >= 0.3 is 0 Å². The molecule has 6 rings (SSSR count). The van der Waals surface area contributed by atoms with Crippen LogP contribution >= 0.6 is 0 Å². The van der Waals surface area contributed by atoms with Crippen molar-refractivity contribution in [2.75, 3.05) is 38.2 Å². The van der Waals surface area contributed by atoms with E-state index in [0.717, 1.165) is 73.3 Å². The van der Waals surface area contributed by atoms with Crippen LogP contribution in [0.15, 0.2) is 78.9 Å². The Morgan fingerprint density at radius 2 is 1.35 bits per heavy atom. The van der Waals surface area contributed by atoms with Crippen molar-refractivity contribution in [2.45, 2.75) is 146 Å². The molecule has 3 fully saturated rings. The number of carbonyl (C=O) groups excluding carboxylic acids is 1. The van der Waals surface area contributed by atoms with Crippen molar-refractivity contribution in [1.29, 1.82) is 0 Å². The van der Waals surface area contributed by atoms with Crippen molar-refractivity contribution in [1.82, 2.24) is 4.90 Å². The van der Waals surface area contributed by atoms with E-state index < -0.39 is 12.1 Å². The van der Waals surface area contributed by atoms with E-state index in [9.17, 15) is 9.90 Å². The first-order chi connectivity index (χ1) is 27.1. The van der Waals surface area contributed by atoms with Crippen LogP contribution in [0.2, 0.25) is 0 Å². The van der Waals surface area contributed by atoms with Crippen LogP contribution in [0, 0.1) is 0 Å². The van der Waals surface area contributed by atoms with E-state index >= 15 is 0 Å². The summed E-state index contributed by atoms with van der Waals surface area (Å²) in [6.45, 7) is 6.05. The first kappa shape index (κ1) is 41.5. The molecule has 0 saturated carbocycles. The van der Waals surface area contributed by atoms with Crippen LogP contribution in [0.5, 0.6) is 0 Å². The molecule has 0 aliphatic carbocycles. The highest BCUT2D eigenvalue weighted by Gasteiger charge is 2.45.